The normalized spacial score (nSPS) is 19.7. The number of thioether (sulfide) groups is 4. The Morgan fingerprint density at radius 2 is 2.04 bits per heavy atom. The number of aryl methyl sites for hydroxylation is 1. The molecule has 3 aliphatic rings. The number of hydrogen-bond donors (Lipinski definition) is 5. The second-order valence-corrected chi connectivity index (χ2v) is 15.3. The monoisotopic (exact) mass is 805 g/mol. The molecule has 278 valence electrons. The molecule has 0 radical (unpaired) electrons. The van der Waals surface area contributed by atoms with Crippen LogP contribution in [0.1, 0.15) is 24.0 Å². The Kier molecular flexibility index (Phi) is 16.8. The average molecular weight is 806 g/mol. The van der Waals surface area contributed by atoms with Crippen LogP contribution in [0.2, 0.25) is 0 Å². The van der Waals surface area contributed by atoms with E-state index in [0.29, 0.717) is 63.1 Å². The first kappa shape index (κ1) is 41.8. The number of ether oxygens (including phenoxy) is 1. The number of aliphatic carboxylic acids is 1. The molecule has 3 amide bonds. The number of amides is 3. The molecule has 22 heteroatoms. The topological polar surface area (TPSA) is 243 Å². The zero-order valence-corrected chi connectivity index (χ0v) is 31.7. The maximum atomic E-state index is 12.3. The molecular weight excluding hydrogens is 770 g/mol. The number of carbonyl (C=O) groups excluding carboxylic acids is 3. The second-order valence-electron chi connectivity index (χ2n) is 10.3. The van der Waals surface area contributed by atoms with Crippen molar-refractivity contribution in [2.24, 2.45) is 10.9 Å². The van der Waals surface area contributed by atoms with Gasteiger partial charge < -0.3 is 45.2 Å². The fraction of sp³-hybridized carbons (Fsp3) is 0.414. The highest BCUT2D eigenvalue weighted by molar-refractivity contribution is 8.06. The van der Waals surface area contributed by atoms with Gasteiger partial charge in [-0.15, -0.1) is 11.8 Å². The van der Waals surface area contributed by atoms with Crippen molar-refractivity contribution < 1.29 is 43.1 Å². The summed E-state index contributed by atoms with van der Waals surface area (Å²) in [5, 5.41) is 26.0. The molecule has 1 unspecified atom stereocenters. The van der Waals surface area contributed by atoms with Crippen molar-refractivity contribution in [2.45, 2.75) is 48.0 Å². The maximum Gasteiger partial charge on any atom is 0.519 e. The lowest BCUT2D eigenvalue weighted by Gasteiger charge is -2.48. The number of halogens is 1. The number of nitrogens with zero attached hydrogens (tertiary/aromatic N) is 4. The van der Waals surface area contributed by atoms with Gasteiger partial charge in [0, 0.05) is 60.2 Å². The number of fused-ring (bicyclic) bond motifs is 1. The molecule has 2 aromatic rings. The minimum Gasteiger partial charge on any atom is -0.477 e. The number of aromatic nitrogens is 1. The van der Waals surface area contributed by atoms with Gasteiger partial charge in [0.1, 0.15) is 45.1 Å². The minimum absolute atomic E-state index is 0.0294. The molecule has 0 saturated carbocycles. The zero-order valence-electron chi connectivity index (χ0n) is 27.7. The van der Waals surface area contributed by atoms with Crippen molar-refractivity contribution in [2.75, 3.05) is 32.2 Å². The van der Waals surface area contributed by atoms with E-state index in [1.54, 1.807) is 50.0 Å². The van der Waals surface area contributed by atoms with E-state index < -0.39 is 29.1 Å². The molecule has 2 aromatic heterocycles. The summed E-state index contributed by atoms with van der Waals surface area (Å²) in [6, 6.07) is 1.13. The van der Waals surface area contributed by atoms with Gasteiger partial charge >= 0.3 is 11.8 Å². The number of carboxylic acid groups (broad SMARTS) is 1. The van der Waals surface area contributed by atoms with Gasteiger partial charge in [-0.3, -0.25) is 24.3 Å². The van der Waals surface area contributed by atoms with Crippen LogP contribution in [-0.4, -0.2) is 105 Å². The maximum absolute atomic E-state index is 12.3. The lowest BCUT2D eigenvalue weighted by molar-refractivity contribution is -0.149. The molecule has 3 aliphatic heterocycles. The number of nitrogens with one attached hydrogen (secondary N) is 2. The Balaban J connectivity index is 0.000000260. The summed E-state index contributed by atoms with van der Waals surface area (Å²) in [6.45, 7) is 4.17. The number of carbonyl (C=O) groups is 4. The van der Waals surface area contributed by atoms with E-state index in [0.717, 1.165) is 16.2 Å². The third-order valence-corrected chi connectivity index (χ3v) is 12.0. The Bertz CT molecular complexity index is 1720. The van der Waals surface area contributed by atoms with Crippen LogP contribution in [-0.2, 0) is 36.3 Å². The molecule has 5 rings (SSSR count). The third kappa shape index (κ3) is 10.9. The van der Waals surface area contributed by atoms with Crippen LogP contribution in [0.3, 0.4) is 0 Å². The molecule has 5 heterocycles. The van der Waals surface area contributed by atoms with Crippen molar-refractivity contribution in [3.05, 3.63) is 66.8 Å². The van der Waals surface area contributed by atoms with E-state index >= 15 is 0 Å². The molecule has 0 bridgehead atoms. The smallest absolute Gasteiger partial charge is 0.477 e. The molecule has 1 fully saturated rings. The Hall–Kier alpha value is -3.60. The number of allylic oxidation sites excluding steroid dienone is 1. The lowest BCUT2D eigenvalue weighted by Crippen LogP contribution is -2.69. The fourth-order valence-corrected chi connectivity index (χ4v) is 9.43. The molecule has 0 spiro atoms. The van der Waals surface area contributed by atoms with Gasteiger partial charge in [0.25, 0.3) is 5.91 Å². The van der Waals surface area contributed by atoms with Gasteiger partial charge in [0.05, 0.1) is 5.70 Å². The van der Waals surface area contributed by atoms with E-state index in [1.807, 2.05) is 6.07 Å². The number of rotatable bonds is 14. The highest BCUT2D eigenvalue weighted by atomic mass is 35.5. The fourth-order valence-electron chi connectivity index (χ4n) is 4.48. The number of β-lactam (4-membered cyclic amide) rings is 1. The lowest BCUT2D eigenvalue weighted by atomic mass is 10.1. The predicted molar refractivity (Wildman–Crippen MR) is 195 cm³/mol. The molecule has 6 N–H and O–H groups in total. The van der Waals surface area contributed by atoms with E-state index in [1.165, 1.54) is 47.3 Å². The van der Waals surface area contributed by atoms with Gasteiger partial charge in [-0.05, 0) is 25.5 Å². The summed E-state index contributed by atoms with van der Waals surface area (Å²) in [7, 11) is 3.32. The van der Waals surface area contributed by atoms with E-state index in [9.17, 15) is 29.1 Å². The molecule has 1 saturated heterocycles. The van der Waals surface area contributed by atoms with Crippen LogP contribution < -0.4 is 22.2 Å². The van der Waals surface area contributed by atoms with Gasteiger partial charge in [-0.25, -0.2) is 9.59 Å². The summed E-state index contributed by atoms with van der Waals surface area (Å²) in [4.78, 5) is 64.2. The Morgan fingerprint density at radius 3 is 2.61 bits per heavy atom. The molecule has 3 atom stereocenters. The first-order chi connectivity index (χ1) is 24.4. The zero-order chi connectivity index (χ0) is 37.7. The molecular formula is C29H36ClN7O10S4. The Morgan fingerprint density at radius 1 is 1.29 bits per heavy atom. The van der Waals surface area contributed by atoms with Crippen LogP contribution in [0, 0.1) is 6.92 Å². The highest BCUT2D eigenvalue weighted by Gasteiger charge is 2.53. The number of oxime groups is 1. The number of methoxy groups -OCH3 is 1. The van der Waals surface area contributed by atoms with Crippen LogP contribution in [0.5, 0.6) is 0 Å². The largest absolute Gasteiger partial charge is 0.519 e. The summed E-state index contributed by atoms with van der Waals surface area (Å²) in [6.07, 6.45) is 4.50. The van der Waals surface area contributed by atoms with Gasteiger partial charge in [-0.1, -0.05) is 40.3 Å². The standard InChI is InChI=1S/C17H18N4O5S3.C6H10ClN3OS.C6H8O4/c22-8-19-3-4-27-6-10-5-18-2-1-11(10)29-12-7-28-16-13(20-9-23)15(24)21(16)14(12)17(25)26;1-3(9-11)4-5(7)12-6(8)10(4)2;1-4-5(3-8-2)10-6(7)9-4/h1-2,5,8-9,13,16H,3-4,6-7H2,(H,19,22)(H,20,23)(H,25,26);6,11H,8H2,1-2H3;3H2,1-2H3/b;9-3+;/t13-,16-;;/m1../s1. The summed E-state index contributed by atoms with van der Waals surface area (Å²) in [5.74, 6) is 0.500. The van der Waals surface area contributed by atoms with Gasteiger partial charge in [0.15, 0.2) is 5.76 Å². The van der Waals surface area contributed by atoms with Gasteiger partial charge in [-0.2, -0.15) is 11.8 Å². The number of hydrogen-bond acceptors (Lipinski definition) is 17. The SMILES string of the molecule is C/C(=N\O)C1=C(Cl)SC(N)N1C.COCc1oc(=O)oc1C.O=CNCCSCc1cnccc1SC1=C(C(=O)O)N2C(=O)[C@@H](NC=O)[C@H]2SC1. The van der Waals surface area contributed by atoms with Crippen molar-refractivity contribution in [3.63, 3.8) is 0 Å². The number of nitrogens with two attached hydrogens (primary N) is 1. The average Bonchev–Trinajstić information content (AvgIpc) is 3.57. The van der Waals surface area contributed by atoms with Gasteiger partial charge in [0.2, 0.25) is 12.8 Å². The quantitative estimate of drug-likeness (QED) is 0.0459. The van der Waals surface area contributed by atoms with Crippen LogP contribution in [0.15, 0.2) is 62.8 Å². The summed E-state index contributed by atoms with van der Waals surface area (Å²) in [5.41, 5.74) is 7.58. The Labute approximate surface area is 314 Å². The van der Waals surface area contributed by atoms with E-state index in [4.69, 9.17) is 27.3 Å². The van der Waals surface area contributed by atoms with E-state index in [2.05, 4.69) is 29.6 Å². The molecule has 0 aliphatic carbocycles. The molecule has 0 aromatic carbocycles. The first-order valence-electron chi connectivity index (χ1n) is 14.7. The third-order valence-electron chi connectivity index (χ3n) is 6.96. The van der Waals surface area contributed by atoms with Crippen LogP contribution in [0.4, 0.5) is 0 Å². The van der Waals surface area contributed by atoms with Crippen molar-refractivity contribution in [3.8, 4) is 0 Å². The number of pyridine rings is 1. The van der Waals surface area contributed by atoms with Crippen molar-refractivity contribution in [1.82, 2.24) is 25.4 Å². The second kappa shape index (κ2) is 20.4. The van der Waals surface area contributed by atoms with Crippen molar-refractivity contribution >= 4 is 89.1 Å². The molecule has 51 heavy (non-hydrogen) atoms. The summed E-state index contributed by atoms with van der Waals surface area (Å²) >= 11 is 11.6. The number of carboxylic acids is 1. The highest BCUT2D eigenvalue weighted by Crippen LogP contribution is 2.45. The van der Waals surface area contributed by atoms with Crippen molar-refractivity contribution in [1.29, 1.82) is 0 Å². The van der Waals surface area contributed by atoms with Crippen LogP contribution in [0.25, 0.3) is 0 Å². The molecule has 17 nitrogen and oxygen atoms in total. The minimum atomic E-state index is -1.17. The summed E-state index contributed by atoms with van der Waals surface area (Å²) < 4.78 is 14.5. The van der Waals surface area contributed by atoms with E-state index in [-0.39, 0.29) is 17.8 Å². The predicted octanol–water partition coefficient (Wildman–Crippen LogP) is 2.33. The van der Waals surface area contributed by atoms with Crippen LogP contribution >= 0.6 is 58.6 Å². The first-order valence-corrected chi connectivity index (χ1v) is 19.0.